The first kappa shape index (κ1) is 19.2. The van der Waals surface area contributed by atoms with Crippen LogP contribution >= 0.6 is 23.1 Å². The Labute approximate surface area is 162 Å². The second kappa shape index (κ2) is 7.96. The number of nitrogens with zero attached hydrogens (tertiary/aromatic N) is 3. The highest BCUT2D eigenvalue weighted by molar-refractivity contribution is 8.00. The van der Waals surface area contributed by atoms with Gasteiger partial charge in [0.25, 0.3) is 11.8 Å². The molecule has 1 saturated heterocycles. The predicted molar refractivity (Wildman–Crippen MR) is 100 cm³/mol. The number of aromatic nitrogens is 1. The molecule has 2 aliphatic heterocycles. The van der Waals surface area contributed by atoms with Crippen LogP contribution in [0.3, 0.4) is 0 Å². The summed E-state index contributed by atoms with van der Waals surface area (Å²) in [4.78, 5) is 46.4. The molecule has 2 aliphatic rings. The number of carbonyl (C=O) groups excluding carboxylic acids is 2. The fraction of sp³-hybridized carbons (Fsp3) is 0.400. The van der Waals surface area contributed by atoms with E-state index in [2.05, 4.69) is 15.5 Å². The SMILES string of the molecule is CCCON=C(C(=O)NC1C(=O)N2C=C(C(=O)O)CS[C@H]12)c1csc(N)n1. The Morgan fingerprint density at radius 2 is 2.33 bits per heavy atom. The van der Waals surface area contributed by atoms with Crippen molar-refractivity contribution in [1.82, 2.24) is 15.2 Å². The molecule has 2 atom stereocenters. The number of β-lactam (4-membered cyclic amide) rings is 1. The third kappa shape index (κ3) is 3.90. The zero-order valence-corrected chi connectivity index (χ0v) is 15.9. The summed E-state index contributed by atoms with van der Waals surface area (Å²) in [5, 5.41) is 17.0. The molecular formula is C15H17N5O5S2. The molecule has 1 aromatic heterocycles. The van der Waals surface area contributed by atoms with E-state index in [9.17, 15) is 14.4 Å². The standard InChI is InChI=1S/C15H17N5O5S2/c1-2-3-25-19-9(8-6-27-15(16)17-8)11(21)18-10-12(22)20-4-7(14(23)24)5-26-13(10)20/h4,6,10,13H,2-3,5H2,1H3,(H2,16,17)(H,18,21)(H,23,24)/t10?,13-/m1/s1. The first-order valence-electron chi connectivity index (χ1n) is 8.02. The molecule has 144 valence electrons. The van der Waals surface area contributed by atoms with E-state index in [1.165, 1.54) is 22.9 Å². The average Bonchev–Trinajstić information content (AvgIpc) is 3.08. The average molecular weight is 411 g/mol. The monoisotopic (exact) mass is 411 g/mol. The maximum Gasteiger partial charge on any atom is 0.333 e. The van der Waals surface area contributed by atoms with Crippen molar-refractivity contribution in [1.29, 1.82) is 0 Å². The minimum absolute atomic E-state index is 0.0646. The largest absolute Gasteiger partial charge is 0.478 e. The molecule has 12 heteroatoms. The van der Waals surface area contributed by atoms with Crippen LogP contribution in [-0.4, -0.2) is 62.3 Å². The Balaban J connectivity index is 1.72. The van der Waals surface area contributed by atoms with Crippen LogP contribution in [-0.2, 0) is 19.2 Å². The molecule has 0 spiro atoms. The Kier molecular flexibility index (Phi) is 5.65. The minimum Gasteiger partial charge on any atom is -0.478 e. The molecule has 10 nitrogen and oxygen atoms in total. The molecule has 0 aromatic carbocycles. The Morgan fingerprint density at radius 1 is 1.56 bits per heavy atom. The number of oxime groups is 1. The predicted octanol–water partition coefficient (Wildman–Crippen LogP) is 0.224. The van der Waals surface area contributed by atoms with Gasteiger partial charge in [0.15, 0.2) is 10.8 Å². The molecule has 3 heterocycles. The number of nitrogens with one attached hydrogen (secondary N) is 1. The first-order valence-corrected chi connectivity index (χ1v) is 9.95. The second-order valence-electron chi connectivity index (χ2n) is 5.70. The number of anilines is 1. The molecule has 0 aliphatic carbocycles. The van der Waals surface area contributed by atoms with Gasteiger partial charge in [0.1, 0.15) is 23.7 Å². The van der Waals surface area contributed by atoms with Crippen molar-refractivity contribution in [3.8, 4) is 0 Å². The fourth-order valence-electron chi connectivity index (χ4n) is 2.44. The van der Waals surface area contributed by atoms with Gasteiger partial charge in [-0.25, -0.2) is 9.78 Å². The van der Waals surface area contributed by atoms with Crippen LogP contribution in [0.25, 0.3) is 0 Å². The molecule has 0 radical (unpaired) electrons. The smallest absolute Gasteiger partial charge is 0.333 e. The topological polar surface area (TPSA) is 147 Å². The van der Waals surface area contributed by atoms with Gasteiger partial charge in [0.2, 0.25) is 0 Å². The lowest BCUT2D eigenvalue weighted by molar-refractivity contribution is -0.144. The Hall–Kier alpha value is -2.60. The van der Waals surface area contributed by atoms with Crippen molar-refractivity contribution in [3.63, 3.8) is 0 Å². The lowest BCUT2D eigenvalue weighted by Crippen LogP contribution is -2.69. The van der Waals surface area contributed by atoms with Gasteiger partial charge in [-0.1, -0.05) is 12.1 Å². The zero-order valence-electron chi connectivity index (χ0n) is 14.2. The Morgan fingerprint density at radius 3 is 2.96 bits per heavy atom. The number of carbonyl (C=O) groups is 3. The van der Waals surface area contributed by atoms with Crippen molar-refractivity contribution in [2.75, 3.05) is 18.1 Å². The van der Waals surface area contributed by atoms with Gasteiger partial charge in [0.05, 0.1) is 5.57 Å². The molecule has 1 unspecified atom stereocenters. The molecule has 1 fully saturated rings. The van der Waals surface area contributed by atoms with E-state index >= 15 is 0 Å². The van der Waals surface area contributed by atoms with Crippen LogP contribution in [0.15, 0.2) is 22.3 Å². The number of amides is 2. The number of rotatable bonds is 7. The van der Waals surface area contributed by atoms with Crippen molar-refractivity contribution < 1.29 is 24.3 Å². The first-order chi connectivity index (χ1) is 12.9. The molecule has 3 rings (SSSR count). The van der Waals surface area contributed by atoms with Crippen LogP contribution < -0.4 is 11.1 Å². The summed E-state index contributed by atoms with van der Waals surface area (Å²) in [6, 6.07) is -0.776. The van der Waals surface area contributed by atoms with E-state index in [4.69, 9.17) is 15.7 Å². The zero-order chi connectivity index (χ0) is 19.6. The van der Waals surface area contributed by atoms with Crippen LogP contribution in [0.2, 0.25) is 0 Å². The highest BCUT2D eigenvalue weighted by atomic mass is 32.2. The molecule has 0 saturated carbocycles. The number of hydrogen-bond donors (Lipinski definition) is 3. The van der Waals surface area contributed by atoms with Crippen molar-refractivity contribution in [2.24, 2.45) is 5.16 Å². The maximum absolute atomic E-state index is 12.7. The van der Waals surface area contributed by atoms with E-state index in [0.717, 1.165) is 11.3 Å². The number of carboxylic acid groups (broad SMARTS) is 1. The van der Waals surface area contributed by atoms with Gasteiger partial charge in [-0.15, -0.1) is 23.1 Å². The van der Waals surface area contributed by atoms with Crippen LogP contribution in [0.1, 0.15) is 19.0 Å². The van der Waals surface area contributed by atoms with Crippen molar-refractivity contribution >= 4 is 51.7 Å². The Bertz CT molecular complexity index is 836. The van der Waals surface area contributed by atoms with Crippen molar-refractivity contribution in [2.45, 2.75) is 24.8 Å². The van der Waals surface area contributed by atoms with Crippen LogP contribution in [0.5, 0.6) is 0 Å². The van der Waals surface area contributed by atoms with Gasteiger partial charge < -0.3 is 25.9 Å². The molecule has 2 amide bonds. The summed E-state index contributed by atoms with van der Waals surface area (Å²) < 4.78 is 0. The number of hydrogen-bond acceptors (Lipinski definition) is 9. The van der Waals surface area contributed by atoms with Gasteiger partial charge in [-0.3, -0.25) is 9.59 Å². The van der Waals surface area contributed by atoms with Gasteiger partial charge in [0, 0.05) is 17.3 Å². The summed E-state index contributed by atoms with van der Waals surface area (Å²) >= 11 is 2.43. The molecule has 27 heavy (non-hydrogen) atoms. The van der Waals surface area contributed by atoms with E-state index < -0.39 is 17.9 Å². The number of thiazole rings is 1. The van der Waals surface area contributed by atoms with Gasteiger partial charge in [-0.2, -0.15) is 0 Å². The molecule has 4 N–H and O–H groups in total. The maximum atomic E-state index is 12.7. The number of fused-ring (bicyclic) bond motifs is 1. The normalized spacial score (nSPS) is 21.8. The highest BCUT2D eigenvalue weighted by Crippen LogP contribution is 2.36. The number of aliphatic carboxylic acids is 1. The number of nitrogen functional groups attached to an aromatic ring is 1. The van der Waals surface area contributed by atoms with Crippen LogP contribution in [0.4, 0.5) is 5.13 Å². The molecule has 1 aromatic rings. The number of carboxylic acids is 1. The lowest BCUT2D eigenvalue weighted by atomic mass is 10.1. The van der Waals surface area contributed by atoms with Gasteiger partial charge in [-0.05, 0) is 6.42 Å². The summed E-state index contributed by atoms with van der Waals surface area (Å²) in [7, 11) is 0. The summed E-state index contributed by atoms with van der Waals surface area (Å²) in [5.41, 5.74) is 5.96. The second-order valence-corrected chi connectivity index (χ2v) is 7.70. The summed E-state index contributed by atoms with van der Waals surface area (Å²) in [6.07, 6.45) is 2.03. The highest BCUT2D eigenvalue weighted by Gasteiger charge is 2.50. The number of nitrogens with two attached hydrogens (primary N) is 1. The van der Waals surface area contributed by atoms with Crippen molar-refractivity contribution in [3.05, 3.63) is 22.8 Å². The third-order valence-electron chi connectivity index (χ3n) is 3.78. The number of thioether (sulfide) groups is 1. The minimum atomic E-state index is -1.06. The van der Waals surface area contributed by atoms with E-state index in [1.807, 2.05) is 6.92 Å². The van der Waals surface area contributed by atoms with Gasteiger partial charge >= 0.3 is 5.97 Å². The molecular weight excluding hydrogens is 394 g/mol. The van der Waals surface area contributed by atoms with E-state index in [0.29, 0.717) is 13.0 Å². The van der Waals surface area contributed by atoms with Crippen LogP contribution in [0, 0.1) is 0 Å². The fourth-order valence-corrected chi connectivity index (χ4v) is 4.24. The third-order valence-corrected chi connectivity index (χ3v) is 5.77. The summed E-state index contributed by atoms with van der Waals surface area (Å²) in [6.45, 7) is 2.23. The lowest BCUT2D eigenvalue weighted by Gasteiger charge is -2.46. The quantitative estimate of drug-likeness (QED) is 0.250. The van der Waals surface area contributed by atoms with E-state index in [-0.39, 0.29) is 39.1 Å². The molecule has 0 bridgehead atoms. The van der Waals surface area contributed by atoms with E-state index in [1.54, 1.807) is 5.38 Å². The summed E-state index contributed by atoms with van der Waals surface area (Å²) in [5.74, 6) is -1.81.